The van der Waals surface area contributed by atoms with Gasteiger partial charge in [-0.25, -0.2) is 0 Å². The van der Waals surface area contributed by atoms with E-state index < -0.39 is 0 Å². The van der Waals surface area contributed by atoms with Crippen molar-refractivity contribution in [1.29, 1.82) is 0 Å². The Morgan fingerprint density at radius 2 is 1.85 bits per heavy atom. The van der Waals surface area contributed by atoms with Crippen molar-refractivity contribution in [2.24, 2.45) is 0 Å². The maximum Gasteiger partial charge on any atom is 0.236 e. The van der Waals surface area contributed by atoms with E-state index in [2.05, 4.69) is 4.90 Å². The number of ether oxygens (including phenoxy) is 1. The van der Waals surface area contributed by atoms with Gasteiger partial charge in [0.05, 0.1) is 19.8 Å². The van der Waals surface area contributed by atoms with Crippen LogP contribution in [0.5, 0.6) is 0 Å². The second-order valence-corrected chi connectivity index (χ2v) is 5.87. The number of hydrogen-bond acceptors (Lipinski definition) is 4. The average molecular weight is 282 g/mol. The molecule has 2 aliphatic rings. The zero-order chi connectivity index (χ0) is 14.4. The Kier molecular flexibility index (Phi) is 5.98. The largest absolute Gasteiger partial charge is 0.378 e. The van der Waals surface area contributed by atoms with Crippen molar-refractivity contribution in [2.45, 2.75) is 45.1 Å². The maximum atomic E-state index is 12.4. The van der Waals surface area contributed by atoms with Crippen LogP contribution in [0.3, 0.4) is 0 Å². The molecule has 1 amide bonds. The van der Waals surface area contributed by atoms with Crippen LogP contribution in [0.2, 0.25) is 0 Å². The predicted molar refractivity (Wildman–Crippen MR) is 76.5 cm³/mol. The third-order valence-electron chi connectivity index (χ3n) is 4.22. The summed E-state index contributed by atoms with van der Waals surface area (Å²) in [5.74, 6) is 0.407. The lowest BCUT2D eigenvalue weighted by molar-refractivity contribution is -0.137. The summed E-state index contributed by atoms with van der Waals surface area (Å²) in [6, 6.07) is 0.250. The minimum Gasteiger partial charge on any atom is -0.378 e. The van der Waals surface area contributed by atoms with Crippen LogP contribution in [0.4, 0.5) is 0 Å². The number of hydrogen-bond donors (Lipinski definition) is 0. The lowest BCUT2D eigenvalue weighted by atomic mass is 10.0. The first-order valence-corrected chi connectivity index (χ1v) is 7.76. The van der Waals surface area contributed by atoms with Gasteiger partial charge in [0.25, 0.3) is 0 Å². The SMILES string of the molecule is CC(=O)CC1CCCCCN1CC(=O)N1CCOCC1. The van der Waals surface area contributed by atoms with Gasteiger partial charge in [-0.3, -0.25) is 14.5 Å². The Morgan fingerprint density at radius 1 is 1.10 bits per heavy atom. The average Bonchev–Trinajstić information content (AvgIpc) is 2.65. The number of likely N-dealkylation sites (tertiary alicyclic amines) is 1. The molecule has 20 heavy (non-hydrogen) atoms. The van der Waals surface area contributed by atoms with Crippen molar-refractivity contribution >= 4 is 11.7 Å². The quantitative estimate of drug-likeness (QED) is 0.774. The van der Waals surface area contributed by atoms with Crippen molar-refractivity contribution in [1.82, 2.24) is 9.80 Å². The van der Waals surface area contributed by atoms with Crippen LogP contribution in [0.25, 0.3) is 0 Å². The summed E-state index contributed by atoms with van der Waals surface area (Å²) in [6.07, 6.45) is 5.12. The molecular formula is C15H26N2O3. The summed E-state index contributed by atoms with van der Waals surface area (Å²) in [6.45, 7) is 5.72. The molecule has 2 fully saturated rings. The lowest BCUT2D eigenvalue weighted by Gasteiger charge is -2.33. The number of Topliss-reactive ketones (excluding diaryl/α,β-unsaturated/α-hetero) is 1. The fourth-order valence-corrected chi connectivity index (χ4v) is 3.09. The molecule has 5 heteroatoms. The highest BCUT2D eigenvalue weighted by atomic mass is 16.5. The first kappa shape index (κ1) is 15.4. The molecule has 2 aliphatic heterocycles. The minimum atomic E-state index is 0.184. The van der Waals surface area contributed by atoms with E-state index in [9.17, 15) is 9.59 Å². The third kappa shape index (κ3) is 4.56. The van der Waals surface area contributed by atoms with Crippen LogP contribution in [-0.2, 0) is 14.3 Å². The van der Waals surface area contributed by atoms with E-state index in [0.29, 0.717) is 39.3 Å². The summed E-state index contributed by atoms with van der Waals surface area (Å²) in [5.41, 5.74) is 0. The molecule has 1 atom stereocenters. The molecule has 0 saturated carbocycles. The molecule has 0 spiro atoms. The van der Waals surface area contributed by atoms with E-state index in [1.165, 1.54) is 12.8 Å². The number of carbonyl (C=O) groups excluding carboxylic acids is 2. The molecule has 114 valence electrons. The molecular weight excluding hydrogens is 256 g/mol. The molecule has 0 aromatic heterocycles. The number of morpholine rings is 1. The van der Waals surface area contributed by atoms with Crippen molar-refractivity contribution in [2.75, 3.05) is 39.4 Å². The normalized spacial score (nSPS) is 25.2. The molecule has 2 heterocycles. The highest BCUT2D eigenvalue weighted by Crippen LogP contribution is 2.19. The predicted octanol–water partition coefficient (Wildman–Crippen LogP) is 1.07. The Hall–Kier alpha value is -0.940. The zero-order valence-electron chi connectivity index (χ0n) is 12.5. The van der Waals surface area contributed by atoms with Crippen molar-refractivity contribution in [3.05, 3.63) is 0 Å². The molecule has 0 aromatic carbocycles. The molecule has 0 bridgehead atoms. The standard InChI is InChI=1S/C15H26N2O3/c1-13(18)11-14-5-3-2-4-6-17(14)12-15(19)16-7-9-20-10-8-16/h14H,2-12H2,1H3. The Bertz CT molecular complexity index is 340. The fraction of sp³-hybridized carbons (Fsp3) is 0.867. The highest BCUT2D eigenvalue weighted by molar-refractivity contribution is 5.79. The Morgan fingerprint density at radius 3 is 2.55 bits per heavy atom. The van der Waals surface area contributed by atoms with Gasteiger partial charge in [0.1, 0.15) is 5.78 Å². The number of ketones is 1. The molecule has 2 saturated heterocycles. The lowest BCUT2D eigenvalue weighted by Crippen LogP contribution is -2.48. The third-order valence-corrected chi connectivity index (χ3v) is 4.22. The van der Waals surface area contributed by atoms with Gasteiger partial charge in [-0.1, -0.05) is 12.8 Å². The van der Waals surface area contributed by atoms with Crippen molar-refractivity contribution < 1.29 is 14.3 Å². The van der Waals surface area contributed by atoms with Gasteiger partial charge in [-0.2, -0.15) is 0 Å². The van der Waals surface area contributed by atoms with E-state index in [0.717, 1.165) is 19.4 Å². The van der Waals surface area contributed by atoms with Crippen LogP contribution in [0.1, 0.15) is 39.0 Å². The molecule has 1 unspecified atom stereocenters. The van der Waals surface area contributed by atoms with E-state index in [1.807, 2.05) is 4.90 Å². The van der Waals surface area contributed by atoms with Gasteiger partial charge in [-0.05, 0) is 26.3 Å². The van der Waals surface area contributed by atoms with Crippen LogP contribution in [0, 0.1) is 0 Å². The first-order chi connectivity index (χ1) is 9.66. The minimum absolute atomic E-state index is 0.184. The Labute approximate surface area is 121 Å². The van der Waals surface area contributed by atoms with E-state index in [-0.39, 0.29) is 17.7 Å². The summed E-state index contributed by atoms with van der Waals surface area (Å²) >= 11 is 0. The highest BCUT2D eigenvalue weighted by Gasteiger charge is 2.26. The molecule has 0 aromatic rings. The summed E-state index contributed by atoms with van der Waals surface area (Å²) in [4.78, 5) is 27.9. The van der Waals surface area contributed by atoms with Gasteiger partial charge < -0.3 is 9.64 Å². The number of nitrogens with zero attached hydrogens (tertiary/aromatic N) is 2. The van der Waals surface area contributed by atoms with Gasteiger partial charge in [-0.15, -0.1) is 0 Å². The van der Waals surface area contributed by atoms with Gasteiger partial charge >= 0.3 is 0 Å². The number of rotatable bonds is 4. The summed E-state index contributed by atoms with van der Waals surface area (Å²) in [5, 5.41) is 0. The van der Waals surface area contributed by atoms with E-state index in [1.54, 1.807) is 6.92 Å². The van der Waals surface area contributed by atoms with Crippen molar-refractivity contribution in [3.8, 4) is 0 Å². The maximum absolute atomic E-state index is 12.4. The second-order valence-electron chi connectivity index (χ2n) is 5.87. The van der Waals surface area contributed by atoms with Gasteiger partial charge in [0, 0.05) is 25.6 Å². The summed E-state index contributed by atoms with van der Waals surface area (Å²) in [7, 11) is 0. The smallest absolute Gasteiger partial charge is 0.236 e. The number of carbonyl (C=O) groups is 2. The van der Waals surface area contributed by atoms with Crippen LogP contribution >= 0.6 is 0 Å². The number of amides is 1. The zero-order valence-corrected chi connectivity index (χ0v) is 12.5. The molecule has 2 rings (SSSR count). The van der Waals surface area contributed by atoms with Crippen molar-refractivity contribution in [3.63, 3.8) is 0 Å². The van der Waals surface area contributed by atoms with E-state index in [4.69, 9.17) is 4.74 Å². The molecule has 0 aliphatic carbocycles. The summed E-state index contributed by atoms with van der Waals surface area (Å²) < 4.78 is 5.28. The first-order valence-electron chi connectivity index (χ1n) is 7.76. The van der Waals surface area contributed by atoms with E-state index >= 15 is 0 Å². The Balaban J connectivity index is 1.91. The van der Waals surface area contributed by atoms with Crippen LogP contribution in [-0.4, -0.2) is 66.9 Å². The topological polar surface area (TPSA) is 49.9 Å². The van der Waals surface area contributed by atoms with Crippen LogP contribution < -0.4 is 0 Å². The molecule has 5 nitrogen and oxygen atoms in total. The molecule has 0 radical (unpaired) electrons. The van der Waals surface area contributed by atoms with Crippen LogP contribution in [0.15, 0.2) is 0 Å². The second kappa shape index (κ2) is 7.74. The van der Waals surface area contributed by atoms with Gasteiger partial charge in [0.2, 0.25) is 5.91 Å². The fourth-order valence-electron chi connectivity index (χ4n) is 3.09. The van der Waals surface area contributed by atoms with Gasteiger partial charge in [0.15, 0.2) is 0 Å². The monoisotopic (exact) mass is 282 g/mol. The molecule has 0 N–H and O–H groups in total.